The molecule has 1 amide bonds. The Kier molecular flexibility index (Phi) is 3.98. The first-order valence-corrected chi connectivity index (χ1v) is 8.49. The minimum absolute atomic E-state index is 0.0274. The second-order valence-corrected chi connectivity index (χ2v) is 6.31. The number of rotatable bonds is 5. The lowest BCUT2D eigenvalue weighted by molar-refractivity contribution is -0.121. The molecule has 0 fully saturated rings. The molecule has 0 bridgehead atoms. The second-order valence-electron chi connectivity index (χ2n) is 6.31. The standard InChI is InChI=1S/C20H20N4O/c1-13(15-7-6-14-10-11-21-18(14)12-15)22-20(25)9-8-19-23-16-4-2-3-5-17(16)24-19/h2-7,10-13,21H,8-9H2,1H3,(H,22,25)(H,23,24). The molecule has 0 saturated carbocycles. The Morgan fingerprint density at radius 3 is 2.92 bits per heavy atom. The van der Waals surface area contributed by atoms with Gasteiger partial charge in [-0.15, -0.1) is 0 Å². The lowest BCUT2D eigenvalue weighted by atomic mass is 10.1. The fourth-order valence-corrected chi connectivity index (χ4v) is 3.09. The van der Waals surface area contributed by atoms with E-state index in [4.69, 9.17) is 0 Å². The van der Waals surface area contributed by atoms with E-state index in [1.54, 1.807) is 0 Å². The molecule has 3 N–H and O–H groups in total. The van der Waals surface area contributed by atoms with Gasteiger partial charge in [-0.3, -0.25) is 4.79 Å². The van der Waals surface area contributed by atoms with Gasteiger partial charge in [-0.25, -0.2) is 4.98 Å². The zero-order valence-electron chi connectivity index (χ0n) is 14.0. The van der Waals surface area contributed by atoms with Gasteiger partial charge in [0.25, 0.3) is 0 Å². The highest BCUT2D eigenvalue weighted by atomic mass is 16.1. The average Bonchev–Trinajstić information content (AvgIpc) is 3.25. The molecule has 2 aromatic heterocycles. The first-order valence-electron chi connectivity index (χ1n) is 8.49. The summed E-state index contributed by atoms with van der Waals surface area (Å²) in [5.41, 5.74) is 4.11. The van der Waals surface area contributed by atoms with Gasteiger partial charge >= 0.3 is 0 Å². The minimum atomic E-state index is -0.0316. The number of benzene rings is 2. The van der Waals surface area contributed by atoms with Crippen LogP contribution in [-0.4, -0.2) is 20.9 Å². The van der Waals surface area contributed by atoms with Gasteiger partial charge in [-0.1, -0.05) is 24.3 Å². The Morgan fingerprint density at radius 1 is 1.16 bits per heavy atom. The SMILES string of the molecule is CC(NC(=O)CCc1nc2ccccc2[nH]1)c1ccc2cc[nH]c2c1. The molecule has 0 aliphatic carbocycles. The van der Waals surface area contributed by atoms with Crippen LogP contribution in [0.5, 0.6) is 0 Å². The Balaban J connectivity index is 1.37. The molecule has 0 radical (unpaired) electrons. The summed E-state index contributed by atoms with van der Waals surface area (Å²) in [6.45, 7) is 2.00. The molecule has 4 rings (SSSR count). The monoisotopic (exact) mass is 332 g/mol. The van der Waals surface area contributed by atoms with Crippen molar-refractivity contribution in [3.63, 3.8) is 0 Å². The maximum atomic E-state index is 12.3. The van der Waals surface area contributed by atoms with Crippen molar-refractivity contribution in [1.82, 2.24) is 20.3 Å². The van der Waals surface area contributed by atoms with E-state index in [2.05, 4.69) is 38.5 Å². The molecule has 5 nitrogen and oxygen atoms in total. The third kappa shape index (κ3) is 3.26. The minimum Gasteiger partial charge on any atom is -0.361 e. The molecule has 5 heteroatoms. The van der Waals surface area contributed by atoms with Crippen LogP contribution in [0.1, 0.15) is 30.8 Å². The Labute approximate surface area is 145 Å². The number of carbonyl (C=O) groups is 1. The molecule has 0 spiro atoms. The smallest absolute Gasteiger partial charge is 0.220 e. The number of para-hydroxylation sites is 2. The van der Waals surface area contributed by atoms with Crippen LogP contribution >= 0.6 is 0 Å². The number of aryl methyl sites for hydroxylation is 1. The van der Waals surface area contributed by atoms with E-state index in [1.165, 1.54) is 5.39 Å². The summed E-state index contributed by atoms with van der Waals surface area (Å²) in [5.74, 6) is 0.872. The van der Waals surface area contributed by atoms with Crippen LogP contribution in [0.2, 0.25) is 0 Å². The molecule has 126 valence electrons. The number of nitrogens with zero attached hydrogens (tertiary/aromatic N) is 1. The van der Waals surface area contributed by atoms with E-state index in [-0.39, 0.29) is 11.9 Å². The first kappa shape index (κ1) is 15.4. The normalized spacial score (nSPS) is 12.5. The van der Waals surface area contributed by atoms with Crippen LogP contribution < -0.4 is 5.32 Å². The van der Waals surface area contributed by atoms with Crippen molar-refractivity contribution in [3.05, 3.63) is 66.1 Å². The van der Waals surface area contributed by atoms with Crippen molar-refractivity contribution in [2.45, 2.75) is 25.8 Å². The van der Waals surface area contributed by atoms with E-state index in [0.29, 0.717) is 12.8 Å². The number of fused-ring (bicyclic) bond motifs is 2. The number of hydrogen-bond acceptors (Lipinski definition) is 2. The lowest BCUT2D eigenvalue weighted by Crippen LogP contribution is -2.26. The molecule has 0 aliphatic rings. The molecule has 1 atom stereocenters. The number of nitrogens with one attached hydrogen (secondary N) is 3. The summed E-state index contributed by atoms with van der Waals surface area (Å²) in [4.78, 5) is 23.2. The van der Waals surface area contributed by atoms with Crippen LogP contribution in [0.25, 0.3) is 21.9 Å². The third-order valence-corrected chi connectivity index (χ3v) is 4.48. The maximum absolute atomic E-state index is 12.3. The fourth-order valence-electron chi connectivity index (χ4n) is 3.09. The van der Waals surface area contributed by atoms with E-state index >= 15 is 0 Å². The molecular weight excluding hydrogens is 312 g/mol. The molecule has 4 aromatic rings. The highest BCUT2D eigenvalue weighted by Crippen LogP contribution is 2.19. The molecule has 25 heavy (non-hydrogen) atoms. The van der Waals surface area contributed by atoms with Gasteiger partial charge in [0.05, 0.1) is 17.1 Å². The summed E-state index contributed by atoms with van der Waals surface area (Å²) >= 11 is 0. The molecule has 0 aliphatic heterocycles. The Morgan fingerprint density at radius 2 is 2.04 bits per heavy atom. The summed E-state index contributed by atoms with van der Waals surface area (Å²) < 4.78 is 0. The molecule has 1 unspecified atom stereocenters. The number of H-pyrrole nitrogens is 2. The second kappa shape index (κ2) is 6.43. The van der Waals surface area contributed by atoms with E-state index in [9.17, 15) is 4.79 Å². The number of aromatic nitrogens is 3. The predicted molar refractivity (Wildman–Crippen MR) is 99.3 cm³/mol. The fraction of sp³-hybridized carbons (Fsp3) is 0.200. The number of imidazole rings is 1. The lowest BCUT2D eigenvalue weighted by Gasteiger charge is -2.14. The van der Waals surface area contributed by atoms with Gasteiger partial charge in [-0.05, 0) is 42.1 Å². The first-order chi connectivity index (χ1) is 12.2. The Hall–Kier alpha value is -3.08. The van der Waals surface area contributed by atoms with Crippen LogP contribution in [0.3, 0.4) is 0 Å². The highest BCUT2D eigenvalue weighted by molar-refractivity contribution is 5.81. The van der Waals surface area contributed by atoms with Crippen LogP contribution in [-0.2, 0) is 11.2 Å². The maximum Gasteiger partial charge on any atom is 0.220 e. The van der Waals surface area contributed by atoms with Crippen molar-refractivity contribution in [2.75, 3.05) is 0 Å². The quantitative estimate of drug-likeness (QED) is 0.519. The van der Waals surface area contributed by atoms with Gasteiger partial charge in [0.1, 0.15) is 5.82 Å². The zero-order chi connectivity index (χ0) is 17.2. The van der Waals surface area contributed by atoms with Gasteiger partial charge in [0.15, 0.2) is 0 Å². The molecule has 2 aromatic carbocycles. The Bertz CT molecular complexity index is 997. The topological polar surface area (TPSA) is 73.6 Å². The molecule has 2 heterocycles. The summed E-state index contributed by atoms with van der Waals surface area (Å²) in [5, 5.41) is 4.24. The van der Waals surface area contributed by atoms with Gasteiger partial charge in [-0.2, -0.15) is 0 Å². The van der Waals surface area contributed by atoms with Crippen LogP contribution in [0.15, 0.2) is 54.7 Å². The van der Waals surface area contributed by atoms with E-state index in [0.717, 1.165) is 27.9 Å². The van der Waals surface area contributed by atoms with Crippen molar-refractivity contribution >= 4 is 27.8 Å². The predicted octanol–water partition coefficient (Wildman–Crippen LogP) is 3.85. The van der Waals surface area contributed by atoms with Crippen molar-refractivity contribution in [2.24, 2.45) is 0 Å². The number of carbonyl (C=O) groups excluding carboxylic acids is 1. The summed E-state index contributed by atoms with van der Waals surface area (Å²) in [6.07, 6.45) is 2.93. The van der Waals surface area contributed by atoms with E-state index < -0.39 is 0 Å². The zero-order valence-corrected chi connectivity index (χ0v) is 14.0. The summed E-state index contributed by atoms with van der Waals surface area (Å²) in [6, 6.07) is 16.1. The van der Waals surface area contributed by atoms with E-state index in [1.807, 2.05) is 43.5 Å². The molecular formula is C20H20N4O. The van der Waals surface area contributed by atoms with Crippen molar-refractivity contribution < 1.29 is 4.79 Å². The van der Waals surface area contributed by atoms with Gasteiger partial charge < -0.3 is 15.3 Å². The van der Waals surface area contributed by atoms with Crippen molar-refractivity contribution in [1.29, 1.82) is 0 Å². The van der Waals surface area contributed by atoms with Crippen LogP contribution in [0.4, 0.5) is 0 Å². The van der Waals surface area contributed by atoms with Crippen molar-refractivity contribution in [3.8, 4) is 0 Å². The average molecular weight is 332 g/mol. The highest BCUT2D eigenvalue weighted by Gasteiger charge is 2.11. The molecule has 0 saturated heterocycles. The van der Waals surface area contributed by atoms with Crippen LogP contribution in [0, 0.1) is 0 Å². The number of amides is 1. The largest absolute Gasteiger partial charge is 0.361 e. The van der Waals surface area contributed by atoms with Gasteiger partial charge in [0.2, 0.25) is 5.91 Å². The number of aromatic amines is 2. The summed E-state index contributed by atoms with van der Waals surface area (Å²) in [7, 11) is 0. The number of hydrogen-bond donors (Lipinski definition) is 3. The third-order valence-electron chi connectivity index (χ3n) is 4.48. The van der Waals surface area contributed by atoms with Gasteiger partial charge in [0, 0.05) is 24.6 Å².